The van der Waals surface area contributed by atoms with Crippen molar-refractivity contribution in [3.8, 4) is 0 Å². The van der Waals surface area contributed by atoms with Gasteiger partial charge in [-0.1, -0.05) is 18.2 Å². The Kier molecular flexibility index (Phi) is 2.79. The number of para-hydroxylation sites is 1. The number of thioether (sulfide) groups is 1. The minimum atomic E-state index is -0.436. The Balaban J connectivity index is 2.42. The van der Waals surface area contributed by atoms with Crippen molar-refractivity contribution in [3.63, 3.8) is 0 Å². The van der Waals surface area contributed by atoms with Gasteiger partial charge in [-0.05, 0) is 12.3 Å². The molecule has 1 heterocycles. The van der Waals surface area contributed by atoms with E-state index in [2.05, 4.69) is 0 Å². The normalized spacial score (nSPS) is 13.3. The highest BCUT2D eigenvalue weighted by Crippen LogP contribution is 2.27. The molecular formula is C11H12O2S. The summed E-state index contributed by atoms with van der Waals surface area (Å²) in [5.74, 6) is 0.698. The van der Waals surface area contributed by atoms with Crippen molar-refractivity contribution < 1.29 is 9.52 Å². The number of aliphatic hydroxyl groups is 1. The molecule has 14 heavy (non-hydrogen) atoms. The quantitative estimate of drug-likeness (QED) is 0.842. The van der Waals surface area contributed by atoms with E-state index in [1.54, 1.807) is 18.0 Å². The van der Waals surface area contributed by atoms with Crippen LogP contribution in [0.5, 0.6) is 0 Å². The fourth-order valence-corrected chi connectivity index (χ4v) is 2.00. The van der Waals surface area contributed by atoms with Crippen LogP contribution in [0.4, 0.5) is 0 Å². The van der Waals surface area contributed by atoms with Gasteiger partial charge in [-0.25, -0.2) is 0 Å². The van der Waals surface area contributed by atoms with Crippen molar-refractivity contribution >= 4 is 22.7 Å². The van der Waals surface area contributed by atoms with Crippen LogP contribution in [0.3, 0.4) is 0 Å². The van der Waals surface area contributed by atoms with Gasteiger partial charge in [0.25, 0.3) is 0 Å². The zero-order valence-corrected chi connectivity index (χ0v) is 8.75. The zero-order chi connectivity index (χ0) is 9.97. The molecule has 1 atom stereocenters. The monoisotopic (exact) mass is 208 g/mol. The largest absolute Gasteiger partial charge is 0.464 e. The number of aliphatic hydroxyl groups excluding tert-OH is 1. The predicted octanol–water partition coefficient (Wildman–Crippen LogP) is 2.83. The van der Waals surface area contributed by atoms with Crippen molar-refractivity contribution in [1.82, 2.24) is 0 Å². The fraction of sp³-hybridized carbons (Fsp3) is 0.273. The first-order valence-corrected chi connectivity index (χ1v) is 5.85. The SMILES string of the molecule is CSCC(O)c1coc2ccccc12. The summed E-state index contributed by atoms with van der Waals surface area (Å²) in [6.45, 7) is 0. The first-order chi connectivity index (χ1) is 6.83. The van der Waals surface area contributed by atoms with Crippen LogP contribution in [-0.4, -0.2) is 17.1 Å². The topological polar surface area (TPSA) is 33.4 Å². The second-order valence-corrected chi connectivity index (χ2v) is 4.07. The summed E-state index contributed by atoms with van der Waals surface area (Å²) >= 11 is 1.62. The molecule has 2 rings (SSSR count). The van der Waals surface area contributed by atoms with Crippen molar-refractivity contribution in [2.45, 2.75) is 6.10 Å². The maximum absolute atomic E-state index is 9.83. The highest BCUT2D eigenvalue weighted by atomic mass is 32.2. The Hall–Kier alpha value is -0.930. The van der Waals surface area contributed by atoms with E-state index in [1.807, 2.05) is 30.5 Å². The van der Waals surface area contributed by atoms with Gasteiger partial charge in [0, 0.05) is 16.7 Å². The van der Waals surface area contributed by atoms with Crippen LogP contribution in [0, 0.1) is 0 Å². The van der Waals surface area contributed by atoms with Crippen LogP contribution in [0.2, 0.25) is 0 Å². The smallest absolute Gasteiger partial charge is 0.134 e. The zero-order valence-electron chi connectivity index (χ0n) is 7.93. The molecule has 3 heteroatoms. The Morgan fingerprint density at radius 1 is 1.43 bits per heavy atom. The number of benzene rings is 1. The molecule has 2 aromatic rings. The van der Waals surface area contributed by atoms with Gasteiger partial charge in [0.15, 0.2) is 0 Å². The average Bonchev–Trinajstić information content (AvgIpc) is 2.61. The lowest BCUT2D eigenvalue weighted by atomic mass is 10.1. The van der Waals surface area contributed by atoms with E-state index in [1.165, 1.54) is 0 Å². The van der Waals surface area contributed by atoms with Crippen LogP contribution < -0.4 is 0 Å². The van der Waals surface area contributed by atoms with E-state index in [-0.39, 0.29) is 0 Å². The minimum Gasteiger partial charge on any atom is -0.464 e. The molecule has 1 aromatic heterocycles. The number of rotatable bonds is 3. The molecule has 1 aromatic carbocycles. The molecule has 1 unspecified atom stereocenters. The first kappa shape index (κ1) is 9.62. The van der Waals surface area contributed by atoms with Gasteiger partial charge >= 0.3 is 0 Å². The molecule has 0 aliphatic heterocycles. The molecule has 0 saturated carbocycles. The Bertz CT molecular complexity index is 422. The molecule has 1 N–H and O–H groups in total. The summed E-state index contributed by atoms with van der Waals surface area (Å²) in [5.41, 5.74) is 1.72. The second-order valence-electron chi connectivity index (χ2n) is 3.16. The highest BCUT2D eigenvalue weighted by Gasteiger charge is 2.12. The van der Waals surface area contributed by atoms with Gasteiger partial charge < -0.3 is 9.52 Å². The van der Waals surface area contributed by atoms with E-state index in [4.69, 9.17) is 4.42 Å². The molecule has 0 amide bonds. The van der Waals surface area contributed by atoms with E-state index >= 15 is 0 Å². The molecule has 0 bridgehead atoms. The fourth-order valence-electron chi connectivity index (χ4n) is 1.50. The number of furan rings is 1. The third kappa shape index (κ3) is 1.65. The molecule has 0 aliphatic rings. The van der Waals surface area contributed by atoms with Crippen LogP contribution in [0.1, 0.15) is 11.7 Å². The number of hydrogen-bond acceptors (Lipinski definition) is 3. The van der Waals surface area contributed by atoms with E-state index < -0.39 is 6.10 Å². The lowest BCUT2D eigenvalue weighted by Crippen LogP contribution is -1.98. The molecule has 0 radical (unpaired) electrons. The molecule has 0 aliphatic carbocycles. The summed E-state index contributed by atoms with van der Waals surface area (Å²) in [6.07, 6.45) is 3.19. The predicted molar refractivity (Wildman–Crippen MR) is 59.6 cm³/mol. The summed E-state index contributed by atoms with van der Waals surface area (Å²) in [7, 11) is 0. The molecular weight excluding hydrogens is 196 g/mol. The van der Waals surface area contributed by atoms with E-state index in [9.17, 15) is 5.11 Å². The molecule has 0 fully saturated rings. The Morgan fingerprint density at radius 2 is 2.21 bits per heavy atom. The minimum absolute atomic E-state index is 0.436. The van der Waals surface area contributed by atoms with Gasteiger partial charge in [0.05, 0.1) is 12.4 Å². The lowest BCUT2D eigenvalue weighted by Gasteiger charge is -2.05. The number of fused-ring (bicyclic) bond motifs is 1. The van der Waals surface area contributed by atoms with Crippen molar-refractivity contribution in [2.24, 2.45) is 0 Å². The van der Waals surface area contributed by atoms with Gasteiger partial charge in [-0.2, -0.15) is 11.8 Å². The third-order valence-electron chi connectivity index (χ3n) is 2.19. The van der Waals surface area contributed by atoms with Gasteiger partial charge in [-0.15, -0.1) is 0 Å². The van der Waals surface area contributed by atoms with Crippen LogP contribution in [0.25, 0.3) is 11.0 Å². The van der Waals surface area contributed by atoms with Crippen molar-refractivity contribution in [2.75, 3.05) is 12.0 Å². The summed E-state index contributed by atoms with van der Waals surface area (Å²) in [5, 5.41) is 10.8. The van der Waals surface area contributed by atoms with Crippen molar-refractivity contribution in [3.05, 3.63) is 36.1 Å². The molecule has 0 saturated heterocycles. The number of hydrogen-bond donors (Lipinski definition) is 1. The lowest BCUT2D eigenvalue weighted by molar-refractivity contribution is 0.204. The third-order valence-corrected chi connectivity index (χ3v) is 2.84. The maximum atomic E-state index is 9.83. The molecule has 2 nitrogen and oxygen atoms in total. The molecule has 74 valence electrons. The van der Waals surface area contributed by atoms with Crippen LogP contribution >= 0.6 is 11.8 Å². The van der Waals surface area contributed by atoms with Gasteiger partial charge in [-0.3, -0.25) is 0 Å². The van der Waals surface area contributed by atoms with Gasteiger partial charge in [0.2, 0.25) is 0 Å². The van der Waals surface area contributed by atoms with Gasteiger partial charge in [0.1, 0.15) is 5.58 Å². The standard InChI is InChI=1S/C11H12O2S/c1-14-7-10(12)9-6-13-11-5-3-2-4-8(9)11/h2-6,10,12H,7H2,1H3. The molecule has 0 spiro atoms. The maximum Gasteiger partial charge on any atom is 0.134 e. The average molecular weight is 208 g/mol. The van der Waals surface area contributed by atoms with Crippen LogP contribution in [-0.2, 0) is 0 Å². The Labute approximate surface area is 86.9 Å². The summed E-state index contributed by atoms with van der Waals surface area (Å²) < 4.78 is 5.35. The summed E-state index contributed by atoms with van der Waals surface area (Å²) in [6, 6.07) is 7.76. The van der Waals surface area contributed by atoms with E-state index in [0.717, 1.165) is 16.5 Å². The summed E-state index contributed by atoms with van der Waals surface area (Å²) in [4.78, 5) is 0. The second kappa shape index (κ2) is 4.07. The van der Waals surface area contributed by atoms with Crippen LogP contribution in [0.15, 0.2) is 34.9 Å². The Morgan fingerprint density at radius 3 is 3.00 bits per heavy atom. The van der Waals surface area contributed by atoms with Crippen molar-refractivity contribution in [1.29, 1.82) is 0 Å². The first-order valence-electron chi connectivity index (χ1n) is 4.46. The van der Waals surface area contributed by atoms with E-state index in [0.29, 0.717) is 5.75 Å². The highest BCUT2D eigenvalue weighted by molar-refractivity contribution is 7.98.